The third-order valence-electron chi connectivity index (χ3n) is 4.03. The molecule has 1 amide bonds. The van der Waals surface area contributed by atoms with Crippen molar-refractivity contribution in [1.29, 1.82) is 0 Å². The topological polar surface area (TPSA) is 86.6 Å². The summed E-state index contributed by atoms with van der Waals surface area (Å²) in [6.45, 7) is 2.55. The maximum Gasteiger partial charge on any atom is 0.338 e. The van der Waals surface area contributed by atoms with E-state index in [1.165, 1.54) is 38.4 Å². The fourth-order valence-corrected chi connectivity index (χ4v) is 2.60. The van der Waals surface area contributed by atoms with Gasteiger partial charge < -0.3 is 14.4 Å². The van der Waals surface area contributed by atoms with Gasteiger partial charge in [-0.3, -0.25) is 9.48 Å². The summed E-state index contributed by atoms with van der Waals surface area (Å²) < 4.78 is 26.5. The van der Waals surface area contributed by atoms with Crippen LogP contribution in [0.25, 0.3) is 10.9 Å². The third kappa shape index (κ3) is 3.64. The molecule has 146 valence electrons. The van der Waals surface area contributed by atoms with Crippen molar-refractivity contribution in [3.63, 3.8) is 0 Å². The molecule has 0 saturated heterocycles. The van der Waals surface area contributed by atoms with Gasteiger partial charge in [-0.05, 0) is 19.1 Å². The first-order valence-corrected chi connectivity index (χ1v) is 8.48. The van der Waals surface area contributed by atoms with E-state index in [1.807, 2.05) is 6.92 Å². The summed E-state index contributed by atoms with van der Waals surface area (Å²) in [5, 5.41) is 5.02. The number of hydrogen-bond donors (Lipinski definition) is 0. The van der Waals surface area contributed by atoms with Crippen molar-refractivity contribution in [2.45, 2.75) is 13.5 Å². The third-order valence-corrected chi connectivity index (χ3v) is 4.03. The molecule has 28 heavy (non-hydrogen) atoms. The quantitative estimate of drug-likeness (QED) is 0.627. The number of aromatic nitrogens is 3. The molecule has 8 nitrogen and oxygen atoms in total. The van der Waals surface area contributed by atoms with Gasteiger partial charge in [-0.25, -0.2) is 14.2 Å². The summed E-state index contributed by atoms with van der Waals surface area (Å²) in [6, 6.07) is 4.16. The number of pyridine rings is 1. The molecule has 0 atom stereocenters. The van der Waals surface area contributed by atoms with Gasteiger partial charge in [-0.2, -0.15) is 5.10 Å². The molecule has 2 aromatic heterocycles. The molecule has 0 N–H and O–H groups in total. The number of nitrogens with zero attached hydrogens (tertiary/aromatic N) is 4. The van der Waals surface area contributed by atoms with E-state index in [0.717, 1.165) is 6.07 Å². The van der Waals surface area contributed by atoms with Crippen LogP contribution in [-0.2, 0) is 11.3 Å². The number of methoxy groups -OCH3 is 1. The molecule has 0 spiro atoms. The highest BCUT2D eigenvalue weighted by atomic mass is 19.1. The van der Waals surface area contributed by atoms with E-state index >= 15 is 0 Å². The molecule has 2 heterocycles. The number of halogens is 1. The highest BCUT2D eigenvalue weighted by Gasteiger charge is 2.18. The smallest absolute Gasteiger partial charge is 0.338 e. The van der Waals surface area contributed by atoms with Crippen molar-refractivity contribution in [3.8, 4) is 11.5 Å². The summed E-state index contributed by atoms with van der Waals surface area (Å²) in [5.74, 6) is -1.52. The predicted molar refractivity (Wildman–Crippen MR) is 99.0 cm³/mol. The molecule has 0 bridgehead atoms. The first-order valence-electron chi connectivity index (χ1n) is 8.48. The number of carbonyl (C=O) groups is 2. The molecule has 1 aromatic carbocycles. The molecule has 0 aliphatic rings. The first kappa shape index (κ1) is 19.3. The Kier molecular flexibility index (Phi) is 5.25. The van der Waals surface area contributed by atoms with E-state index in [-0.39, 0.29) is 17.0 Å². The van der Waals surface area contributed by atoms with Crippen LogP contribution >= 0.6 is 0 Å². The lowest BCUT2D eigenvalue weighted by molar-refractivity contribution is 0.0600. The van der Waals surface area contributed by atoms with E-state index in [9.17, 15) is 14.0 Å². The highest BCUT2D eigenvalue weighted by molar-refractivity contribution is 5.97. The summed E-state index contributed by atoms with van der Waals surface area (Å²) in [7, 11) is 4.29. The molecule has 3 rings (SSSR count). The van der Waals surface area contributed by atoms with Crippen molar-refractivity contribution in [3.05, 3.63) is 47.7 Å². The van der Waals surface area contributed by atoms with Crippen molar-refractivity contribution < 1.29 is 23.5 Å². The number of esters is 1. The van der Waals surface area contributed by atoms with Crippen LogP contribution in [0.1, 0.15) is 27.8 Å². The average molecular weight is 386 g/mol. The van der Waals surface area contributed by atoms with Crippen molar-refractivity contribution in [2.75, 3.05) is 21.2 Å². The maximum absolute atomic E-state index is 14.3. The van der Waals surface area contributed by atoms with Crippen LogP contribution in [0.2, 0.25) is 0 Å². The van der Waals surface area contributed by atoms with Gasteiger partial charge in [0.1, 0.15) is 11.5 Å². The number of aryl methyl sites for hydroxylation is 1. The summed E-state index contributed by atoms with van der Waals surface area (Å²) >= 11 is 0. The summed E-state index contributed by atoms with van der Waals surface area (Å²) in [4.78, 5) is 29.0. The summed E-state index contributed by atoms with van der Waals surface area (Å²) in [6.07, 6.45) is 3.01. The number of fused-ring (bicyclic) bond motifs is 1. The fraction of sp³-hybridized carbons (Fsp3) is 0.263. The average Bonchev–Trinajstić information content (AvgIpc) is 3.10. The van der Waals surface area contributed by atoms with Gasteiger partial charge in [-0.15, -0.1) is 0 Å². The lowest BCUT2D eigenvalue weighted by Crippen LogP contribution is -2.23. The number of hydrogen-bond acceptors (Lipinski definition) is 6. The monoisotopic (exact) mass is 386 g/mol. The zero-order valence-corrected chi connectivity index (χ0v) is 15.9. The van der Waals surface area contributed by atoms with Crippen molar-refractivity contribution >= 4 is 22.8 Å². The molecule has 0 unspecified atom stereocenters. The molecular formula is C19H19FN4O4. The normalized spacial score (nSPS) is 10.8. The van der Waals surface area contributed by atoms with Crippen molar-refractivity contribution in [1.82, 2.24) is 19.7 Å². The second kappa shape index (κ2) is 7.63. The SMILES string of the molecule is CCn1cc2c(Oc3cnc(C(=O)N(C)C)c(F)c3)cc(C(=O)OC)cc2n1. The lowest BCUT2D eigenvalue weighted by Gasteiger charge is -2.12. The number of rotatable bonds is 5. The zero-order chi connectivity index (χ0) is 20.4. The van der Waals surface area contributed by atoms with Crippen molar-refractivity contribution in [2.24, 2.45) is 0 Å². The number of amides is 1. The second-order valence-electron chi connectivity index (χ2n) is 6.19. The lowest BCUT2D eigenvalue weighted by atomic mass is 10.1. The Hall–Kier alpha value is -3.49. The van der Waals surface area contributed by atoms with Gasteiger partial charge in [0.15, 0.2) is 11.5 Å². The fourth-order valence-electron chi connectivity index (χ4n) is 2.60. The standard InChI is InChI=1S/C19H19FN4O4/c1-5-24-10-13-15(22-24)6-11(19(26)27-4)7-16(13)28-12-8-14(20)17(21-9-12)18(25)23(2)3/h6-10H,5H2,1-4H3. The summed E-state index contributed by atoms with van der Waals surface area (Å²) in [5.41, 5.74) is 0.483. The molecular weight excluding hydrogens is 367 g/mol. The van der Waals surface area contributed by atoms with Crippen LogP contribution in [0.3, 0.4) is 0 Å². The van der Waals surface area contributed by atoms with Crippen LogP contribution < -0.4 is 4.74 Å². The Labute approximate surface area is 160 Å². The van der Waals surface area contributed by atoms with E-state index in [2.05, 4.69) is 10.1 Å². The van der Waals surface area contributed by atoms with Crippen LogP contribution in [0, 0.1) is 5.82 Å². The Balaban J connectivity index is 2.03. The van der Waals surface area contributed by atoms with Crippen LogP contribution in [0.5, 0.6) is 11.5 Å². The molecule has 0 fully saturated rings. The molecule has 0 radical (unpaired) electrons. The van der Waals surface area contributed by atoms with Gasteiger partial charge in [0, 0.05) is 32.9 Å². The minimum atomic E-state index is -0.805. The maximum atomic E-state index is 14.3. The van der Waals surface area contributed by atoms with Crippen LogP contribution in [0.15, 0.2) is 30.6 Å². The van der Waals surface area contributed by atoms with E-state index in [0.29, 0.717) is 23.2 Å². The van der Waals surface area contributed by atoms with E-state index in [4.69, 9.17) is 9.47 Å². The Morgan fingerprint density at radius 1 is 1.25 bits per heavy atom. The molecule has 9 heteroatoms. The molecule has 3 aromatic rings. The van der Waals surface area contributed by atoms with E-state index in [1.54, 1.807) is 16.9 Å². The van der Waals surface area contributed by atoms with E-state index < -0.39 is 17.7 Å². The second-order valence-corrected chi connectivity index (χ2v) is 6.19. The van der Waals surface area contributed by atoms with Gasteiger partial charge >= 0.3 is 5.97 Å². The van der Waals surface area contributed by atoms with Gasteiger partial charge in [-0.1, -0.05) is 0 Å². The number of ether oxygens (including phenoxy) is 2. The minimum Gasteiger partial charge on any atom is -0.465 e. The highest BCUT2D eigenvalue weighted by Crippen LogP contribution is 2.32. The van der Waals surface area contributed by atoms with Gasteiger partial charge in [0.2, 0.25) is 0 Å². The Morgan fingerprint density at radius 2 is 2.00 bits per heavy atom. The first-order chi connectivity index (χ1) is 13.3. The zero-order valence-electron chi connectivity index (χ0n) is 15.9. The van der Waals surface area contributed by atoms with Crippen LogP contribution in [0.4, 0.5) is 4.39 Å². The Morgan fingerprint density at radius 3 is 2.61 bits per heavy atom. The predicted octanol–water partition coefficient (Wildman–Crippen LogP) is 2.87. The minimum absolute atomic E-state index is 0.0837. The molecule has 0 saturated carbocycles. The Bertz CT molecular complexity index is 1060. The van der Waals surface area contributed by atoms with Crippen LogP contribution in [-0.4, -0.2) is 52.7 Å². The van der Waals surface area contributed by atoms with Gasteiger partial charge in [0.25, 0.3) is 5.91 Å². The molecule has 0 aliphatic carbocycles. The number of carbonyl (C=O) groups excluding carboxylic acids is 2. The van der Waals surface area contributed by atoms with Gasteiger partial charge in [0.05, 0.1) is 29.8 Å². The largest absolute Gasteiger partial charge is 0.465 e. The number of benzene rings is 1. The molecule has 0 aliphatic heterocycles.